The van der Waals surface area contributed by atoms with E-state index in [0.717, 1.165) is 15.1 Å². The summed E-state index contributed by atoms with van der Waals surface area (Å²) in [4.78, 5) is 5.00. The largest absolute Gasteiger partial charge is 0.396 e. The normalized spacial score (nSPS) is 11.9. The van der Waals surface area contributed by atoms with Crippen molar-refractivity contribution in [3.8, 4) is 0 Å². The molecule has 2 N–H and O–H groups in total. The van der Waals surface area contributed by atoms with Gasteiger partial charge in [0.15, 0.2) is 0 Å². The summed E-state index contributed by atoms with van der Waals surface area (Å²) in [5, 5.41) is 8.88. The molecule has 3 aromatic rings. The van der Waals surface area contributed by atoms with Crippen LogP contribution in [-0.4, -0.2) is 25.1 Å². The lowest BCUT2D eigenvalue weighted by Crippen LogP contribution is -2.11. The number of nitrogens with zero attached hydrogens (tertiary/aromatic N) is 1. The Morgan fingerprint density at radius 1 is 1.24 bits per heavy atom. The van der Waals surface area contributed by atoms with Crippen LogP contribution in [0.25, 0.3) is 10.2 Å². The molecule has 0 fully saturated rings. The lowest BCUT2D eigenvalue weighted by atomic mass is 10.3. The molecule has 110 valence electrons. The fourth-order valence-corrected chi connectivity index (χ4v) is 4.98. The summed E-state index contributed by atoms with van der Waals surface area (Å²) >= 11 is 2.63. The monoisotopic (exact) mass is 340 g/mol. The molecule has 0 aliphatic carbocycles. The zero-order valence-corrected chi connectivity index (χ0v) is 13.3. The lowest BCUT2D eigenvalue weighted by molar-refractivity contribution is 0.300. The summed E-state index contributed by atoms with van der Waals surface area (Å²) in [6, 6.07) is 8.54. The van der Waals surface area contributed by atoms with Gasteiger partial charge in [-0.15, -0.1) is 22.7 Å². The Labute approximate surface area is 130 Å². The number of aliphatic hydroxyl groups is 1. The number of aromatic nitrogens is 1. The van der Waals surface area contributed by atoms with Crippen molar-refractivity contribution in [2.45, 2.75) is 10.6 Å². The number of benzene rings is 1. The molecule has 21 heavy (non-hydrogen) atoms. The van der Waals surface area contributed by atoms with Crippen LogP contribution in [0, 0.1) is 0 Å². The number of thiophene rings is 1. The van der Waals surface area contributed by atoms with E-state index in [1.807, 2.05) is 0 Å². The summed E-state index contributed by atoms with van der Waals surface area (Å²) in [7, 11) is -3.59. The van der Waals surface area contributed by atoms with Gasteiger partial charge in [-0.05, 0) is 30.3 Å². The third-order valence-corrected chi connectivity index (χ3v) is 6.65. The Balaban J connectivity index is 1.87. The van der Waals surface area contributed by atoms with Gasteiger partial charge in [0.05, 0.1) is 21.4 Å². The number of aliphatic hydroxyl groups excluding tert-OH is 1. The highest BCUT2D eigenvalue weighted by molar-refractivity contribution is 7.94. The molecule has 0 unspecified atom stereocenters. The van der Waals surface area contributed by atoms with Crippen LogP contribution >= 0.6 is 22.7 Å². The predicted molar refractivity (Wildman–Crippen MR) is 85.5 cm³/mol. The number of rotatable bonds is 5. The Kier molecular flexibility index (Phi) is 3.94. The molecule has 1 aromatic carbocycles. The van der Waals surface area contributed by atoms with E-state index in [0.29, 0.717) is 12.1 Å². The van der Waals surface area contributed by atoms with E-state index in [9.17, 15) is 8.42 Å². The van der Waals surface area contributed by atoms with E-state index < -0.39 is 10.0 Å². The molecule has 0 bridgehead atoms. The molecule has 0 atom stereocenters. The number of hydrogen-bond acceptors (Lipinski definition) is 6. The van der Waals surface area contributed by atoms with Crippen LogP contribution in [0.1, 0.15) is 4.88 Å². The maximum atomic E-state index is 12.3. The second-order valence-corrected chi connectivity index (χ2v) is 8.30. The third-order valence-electron chi connectivity index (χ3n) is 2.84. The lowest BCUT2D eigenvalue weighted by Gasteiger charge is -2.05. The Bertz CT molecular complexity index is 868. The van der Waals surface area contributed by atoms with Gasteiger partial charge >= 0.3 is 0 Å². The Morgan fingerprint density at radius 3 is 2.90 bits per heavy atom. The molecular weight excluding hydrogens is 328 g/mol. The molecule has 0 radical (unpaired) electrons. The number of thiazole rings is 1. The van der Waals surface area contributed by atoms with E-state index in [-0.39, 0.29) is 10.8 Å². The zero-order chi connectivity index (χ0) is 14.9. The fraction of sp³-hybridized carbons (Fsp3) is 0.154. The molecule has 0 saturated heterocycles. The van der Waals surface area contributed by atoms with Gasteiger partial charge in [0, 0.05) is 17.9 Å². The molecule has 0 amide bonds. The van der Waals surface area contributed by atoms with Crippen LogP contribution in [0.5, 0.6) is 0 Å². The first-order valence-electron chi connectivity index (χ1n) is 6.14. The molecular formula is C13H12N2O3S3. The second-order valence-electron chi connectivity index (χ2n) is 4.33. The number of anilines is 1. The van der Waals surface area contributed by atoms with Crippen molar-refractivity contribution in [1.29, 1.82) is 0 Å². The first-order valence-corrected chi connectivity index (χ1v) is 9.32. The van der Waals surface area contributed by atoms with Gasteiger partial charge in [-0.25, -0.2) is 13.4 Å². The van der Waals surface area contributed by atoms with E-state index in [2.05, 4.69) is 9.71 Å². The van der Waals surface area contributed by atoms with Crippen molar-refractivity contribution in [3.05, 3.63) is 40.7 Å². The third kappa shape index (κ3) is 3.08. The summed E-state index contributed by atoms with van der Waals surface area (Å²) in [6.45, 7) is 0.00940. The molecule has 2 heterocycles. The number of nitrogens with one attached hydrogen (secondary N) is 1. The quantitative estimate of drug-likeness (QED) is 0.748. The van der Waals surface area contributed by atoms with E-state index in [1.54, 1.807) is 35.8 Å². The van der Waals surface area contributed by atoms with Crippen LogP contribution in [0.4, 0.5) is 5.69 Å². The summed E-state index contributed by atoms with van der Waals surface area (Å²) in [5.74, 6) is 0. The summed E-state index contributed by atoms with van der Waals surface area (Å²) < 4.78 is 28.4. The zero-order valence-electron chi connectivity index (χ0n) is 10.8. The first kappa shape index (κ1) is 14.5. The van der Waals surface area contributed by atoms with Crippen LogP contribution in [0.2, 0.25) is 0 Å². The number of sulfonamides is 1. The van der Waals surface area contributed by atoms with E-state index in [1.165, 1.54) is 22.7 Å². The smallest absolute Gasteiger partial charge is 0.271 e. The minimum absolute atomic E-state index is 0.00940. The van der Waals surface area contributed by atoms with Crippen LogP contribution in [0.3, 0.4) is 0 Å². The minimum Gasteiger partial charge on any atom is -0.396 e. The standard InChI is InChI=1S/C13H12N2O3S3/c16-6-5-10-2-4-13(20-10)21(17,18)15-9-1-3-11-12(7-9)19-8-14-11/h1-4,7-8,15-16H,5-6H2. The topological polar surface area (TPSA) is 79.3 Å². The van der Waals surface area contributed by atoms with Gasteiger partial charge in [-0.2, -0.15) is 0 Å². The SMILES string of the molecule is O=S(=O)(Nc1ccc2ncsc2c1)c1ccc(CCO)s1. The maximum Gasteiger partial charge on any atom is 0.271 e. The number of hydrogen-bond donors (Lipinski definition) is 2. The van der Waals surface area contributed by atoms with Gasteiger partial charge in [0.1, 0.15) is 4.21 Å². The average molecular weight is 340 g/mol. The van der Waals surface area contributed by atoms with Crippen LogP contribution in [-0.2, 0) is 16.4 Å². The molecule has 8 heteroatoms. The first-order chi connectivity index (χ1) is 10.1. The highest BCUT2D eigenvalue weighted by Gasteiger charge is 2.17. The maximum absolute atomic E-state index is 12.3. The van der Waals surface area contributed by atoms with E-state index in [4.69, 9.17) is 5.11 Å². The van der Waals surface area contributed by atoms with Gasteiger partial charge in [-0.3, -0.25) is 4.72 Å². The second kappa shape index (κ2) is 5.72. The molecule has 0 aliphatic heterocycles. The van der Waals surface area contributed by atoms with Crippen molar-refractivity contribution >= 4 is 48.6 Å². The summed E-state index contributed by atoms with van der Waals surface area (Å²) in [6.07, 6.45) is 0.465. The van der Waals surface area contributed by atoms with Crippen molar-refractivity contribution in [3.63, 3.8) is 0 Å². The molecule has 2 aromatic heterocycles. The highest BCUT2D eigenvalue weighted by atomic mass is 32.2. The van der Waals surface area contributed by atoms with Gasteiger partial charge in [0.25, 0.3) is 10.0 Å². The van der Waals surface area contributed by atoms with Crippen LogP contribution in [0.15, 0.2) is 40.1 Å². The predicted octanol–water partition coefficient (Wildman–Crippen LogP) is 2.69. The highest BCUT2D eigenvalue weighted by Crippen LogP contribution is 2.27. The Hall–Kier alpha value is -1.48. The Morgan fingerprint density at radius 2 is 2.10 bits per heavy atom. The van der Waals surface area contributed by atoms with Gasteiger partial charge in [0.2, 0.25) is 0 Å². The number of fused-ring (bicyclic) bond motifs is 1. The fourth-order valence-electron chi connectivity index (χ4n) is 1.87. The van der Waals surface area contributed by atoms with Crippen molar-refractivity contribution in [1.82, 2.24) is 4.98 Å². The molecule has 0 aliphatic rings. The van der Waals surface area contributed by atoms with Gasteiger partial charge in [-0.1, -0.05) is 0 Å². The molecule has 0 spiro atoms. The molecule has 3 rings (SSSR count). The molecule has 0 saturated carbocycles. The van der Waals surface area contributed by atoms with E-state index >= 15 is 0 Å². The average Bonchev–Trinajstić information content (AvgIpc) is 3.07. The van der Waals surface area contributed by atoms with Crippen LogP contribution < -0.4 is 4.72 Å². The summed E-state index contributed by atoms with van der Waals surface area (Å²) in [5.41, 5.74) is 3.09. The van der Waals surface area contributed by atoms with Gasteiger partial charge < -0.3 is 5.11 Å². The molecule has 5 nitrogen and oxygen atoms in total. The van der Waals surface area contributed by atoms with Crippen molar-refractivity contribution in [2.24, 2.45) is 0 Å². The minimum atomic E-state index is -3.59. The van der Waals surface area contributed by atoms with Crippen molar-refractivity contribution < 1.29 is 13.5 Å². The van der Waals surface area contributed by atoms with Crippen molar-refractivity contribution in [2.75, 3.05) is 11.3 Å².